The minimum atomic E-state index is -0.278. The number of urea groups is 1. The molecule has 7 nitrogen and oxygen atoms in total. The van der Waals surface area contributed by atoms with E-state index in [4.69, 9.17) is 4.98 Å². The van der Waals surface area contributed by atoms with Gasteiger partial charge < -0.3 is 5.32 Å². The maximum absolute atomic E-state index is 12.9. The zero-order valence-electron chi connectivity index (χ0n) is 16.0. The van der Waals surface area contributed by atoms with Crippen LogP contribution in [0.25, 0.3) is 11.3 Å². The van der Waals surface area contributed by atoms with Gasteiger partial charge in [-0.3, -0.25) is 10.2 Å². The smallest absolute Gasteiger partial charge is 0.328 e. The Hall–Kier alpha value is -3.92. The monoisotopic (exact) mass is 384 g/mol. The van der Waals surface area contributed by atoms with Crippen LogP contribution in [0.3, 0.4) is 0 Å². The van der Waals surface area contributed by atoms with E-state index >= 15 is 0 Å². The average molecular weight is 384 g/mol. The second-order valence-corrected chi connectivity index (χ2v) is 6.79. The summed E-state index contributed by atoms with van der Waals surface area (Å²) in [6.07, 6.45) is 2.43. The van der Waals surface area contributed by atoms with Gasteiger partial charge in [0.05, 0.1) is 23.0 Å². The van der Waals surface area contributed by atoms with E-state index in [0.29, 0.717) is 29.4 Å². The van der Waals surface area contributed by atoms with Crippen molar-refractivity contribution in [2.75, 3.05) is 28.6 Å². The number of carbonyl (C=O) groups is 1. The first-order chi connectivity index (χ1) is 14.2. The third-order valence-electron chi connectivity index (χ3n) is 4.80. The van der Waals surface area contributed by atoms with E-state index in [0.717, 1.165) is 29.8 Å². The van der Waals surface area contributed by atoms with Crippen molar-refractivity contribution < 1.29 is 4.79 Å². The number of aryl methyl sites for hydroxylation is 1. The first-order valence-electron chi connectivity index (χ1n) is 9.41. The molecule has 29 heavy (non-hydrogen) atoms. The van der Waals surface area contributed by atoms with Crippen LogP contribution in [0.1, 0.15) is 17.5 Å². The first kappa shape index (κ1) is 18.4. The normalized spacial score (nSPS) is 12.9. The fraction of sp³-hybridized carbons (Fsp3) is 0.182. The summed E-state index contributed by atoms with van der Waals surface area (Å²) in [5, 5.41) is 15.5. The zero-order valence-corrected chi connectivity index (χ0v) is 16.0. The summed E-state index contributed by atoms with van der Waals surface area (Å²) in [4.78, 5) is 23.5. The van der Waals surface area contributed by atoms with Gasteiger partial charge >= 0.3 is 6.03 Å². The molecule has 2 N–H and O–H groups in total. The lowest BCUT2D eigenvalue weighted by Crippen LogP contribution is -2.36. The van der Waals surface area contributed by atoms with Crippen molar-refractivity contribution in [3.63, 3.8) is 0 Å². The summed E-state index contributed by atoms with van der Waals surface area (Å²) >= 11 is 0. The Bertz CT molecular complexity index is 1090. The van der Waals surface area contributed by atoms with Gasteiger partial charge in [-0.2, -0.15) is 5.26 Å². The van der Waals surface area contributed by atoms with Gasteiger partial charge in [0.2, 0.25) is 0 Å². The molecular weight excluding hydrogens is 364 g/mol. The van der Waals surface area contributed by atoms with Crippen LogP contribution in [-0.4, -0.2) is 29.1 Å². The number of hydrogen-bond donors (Lipinski definition) is 2. The Morgan fingerprint density at radius 2 is 2.14 bits per heavy atom. The van der Waals surface area contributed by atoms with Crippen molar-refractivity contribution in [2.24, 2.45) is 0 Å². The lowest BCUT2D eigenvalue weighted by Gasteiger charge is -2.22. The highest BCUT2D eigenvalue weighted by Gasteiger charge is 2.23. The van der Waals surface area contributed by atoms with Crippen LogP contribution in [0.2, 0.25) is 0 Å². The molecule has 144 valence electrons. The Balaban J connectivity index is 1.70. The van der Waals surface area contributed by atoms with E-state index in [1.54, 1.807) is 23.2 Å². The summed E-state index contributed by atoms with van der Waals surface area (Å²) in [7, 11) is 0. The lowest BCUT2D eigenvalue weighted by atomic mass is 10.0. The molecule has 0 fully saturated rings. The van der Waals surface area contributed by atoms with Crippen molar-refractivity contribution in [1.29, 1.82) is 5.26 Å². The van der Waals surface area contributed by atoms with Gasteiger partial charge in [-0.05, 0) is 49.2 Å². The van der Waals surface area contributed by atoms with Crippen LogP contribution in [-0.2, 0) is 0 Å². The number of carbonyl (C=O) groups excluding carboxylic acids is 1. The predicted molar refractivity (Wildman–Crippen MR) is 113 cm³/mol. The van der Waals surface area contributed by atoms with Crippen molar-refractivity contribution in [3.8, 4) is 17.3 Å². The van der Waals surface area contributed by atoms with Crippen molar-refractivity contribution in [2.45, 2.75) is 13.3 Å². The molecule has 3 heterocycles. The number of fused-ring (bicyclic) bond motifs is 1. The SMILES string of the molecule is Cc1ccc(-c2ccc3c(n2)N(C(=O)Nc2ccccn2)CCCN3)cc1C#N. The van der Waals surface area contributed by atoms with Gasteiger partial charge in [-0.25, -0.2) is 14.8 Å². The quantitative estimate of drug-likeness (QED) is 0.691. The Morgan fingerprint density at radius 1 is 1.24 bits per heavy atom. The van der Waals surface area contributed by atoms with Crippen LogP contribution in [0.15, 0.2) is 54.7 Å². The van der Waals surface area contributed by atoms with Crippen LogP contribution >= 0.6 is 0 Å². The molecule has 0 bridgehead atoms. The molecule has 0 spiro atoms. The fourth-order valence-corrected chi connectivity index (χ4v) is 3.23. The molecule has 1 aliphatic rings. The first-order valence-corrected chi connectivity index (χ1v) is 9.41. The van der Waals surface area contributed by atoms with E-state index in [2.05, 4.69) is 21.7 Å². The Morgan fingerprint density at radius 3 is 2.93 bits per heavy atom. The molecule has 0 saturated heterocycles. The standard InChI is InChI=1S/C22H20N6O/c1-15-6-7-16(13-17(15)14-23)18-8-9-19-21(26-18)28(12-4-11-24-19)22(29)27-20-5-2-3-10-25-20/h2-3,5-10,13,24H,4,11-12H2,1H3,(H,25,27,29). The molecule has 7 heteroatoms. The summed E-state index contributed by atoms with van der Waals surface area (Å²) in [5.74, 6) is 1.05. The third-order valence-corrected chi connectivity index (χ3v) is 4.80. The minimum Gasteiger partial charge on any atom is -0.382 e. The van der Waals surface area contributed by atoms with Gasteiger partial charge in [0, 0.05) is 24.8 Å². The Kier molecular flexibility index (Phi) is 5.08. The number of nitrogens with one attached hydrogen (secondary N) is 2. The summed E-state index contributed by atoms with van der Waals surface area (Å²) in [6, 6.07) is 16.8. The lowest BCUT2D eigenvalue weighted by molar-refractivity contribution is 0.256. The van der Waals surface area contributed by atoms with Crippen LogP contribution in [0.5, 0.6) is 0 Å². The number of amides is 2. The highest BCUT2D eigenvalue weighted by molar-refractivity contribution is 6.02. The van der Waals surface area contributed by atoms with Gasteiger partial charge in [0.15, 0.2) is 5.82 Å². The molecule has 0 radical (unpaired) electrons. The number of benzene rings is 1. The third kappa shape index (κ3) is 3.87. The highest BCUT2D eigenvalue weighted by Crippen LogP contribution is 2.31. The minimum absolute atomic E-state index is 0.278. The van der Waals surface area contributed by atoms with Crippen LogP contribution in [0, 0.1) is 18.3 Å². The molecule has 1 aromatic carbocycles. The fourth-order valence-electron chi connectivity index (χ4n) is 3.23. The molecule has 1 aliphatic heterocycles. The predicted octanol–water partition coefficient (Wildman–Crippen LogP) is 4.18. The summed E-state index contributed by atoms with van der Waals surface area (Å²) in [6.45, 7) is 3.19. The van der Waals surface area contributed by atoms with Crippen molar-refractivity contribution in [3.05, 3.63) is 65.9 Å². The van der Waals surface area contributed by atoms with Gasteiger partial charge in [-0.15, -0.1) is 0 Å². The van der Waals surface area contributed by atoms with Crippen molar-refractivity contribution in [1.82, 2.24) is 9.97 Å². The number of rotatable bonds is 2. The second-order valence-electron chi connectivity index (χ2n) is 6.79. The number of anilines is 3. The van der Waals surface area contributed by atoms with Crippen LogP contribution < -0.4 is 15.5 Å². The van der Waals surface area contributed by atoms with Gasteiger partial charge in [-0.1, -0.05) is 18.2 Å². The number of pyridine rings is 2. The number of aromatic nitrogens is 2. The maximum atomic E-state index is 12.9. The molecule has 4 rings (SSSR count). The van der Waals surface area contributed by atoms with E-state index in [1.807, 2.05) is 43.3 Å². The molecule has 2 amide bonds. The molecule has 0 atom stereocenters. The average Bonchev–Trinajstić information content (AvgIpc) is 2.97. The molecule has 3 aromatic rings. The Labute approximate surface area is 169 Å². The summed E-state index contributed by atoms with van der Waals surface area (Å²) in [5.41, 5.74) is 3.88. The van der Waals surface area contributed by atoms with E-state index in [-0.39, 0.29) is 6.03 Å². The maximum Gasteiger partial charge on any atom is 0.328 e. The topological polar surface area (TPSA) is 93.9 Å². The molecule has 2 aromatic heterocycles. The second kappa shape index (κ2) is 7.98. The number of nitrogens with zero attached hydrogens (tertiary/aromatic N) is 4. The molecular formula is C22H20N6O. The molecule has 0 aliphatic carbocycles. The zero-order chi connectivity index (χ0) is 20.2. The van der Waals surface area contributed by atoms with E-state index in [1.165, 1.54) is 0 Å². The van der Waals surface area contributed by atoms with Gasteiger partial charge in [0.25, 0.3) is 0 Å². The largest absolute Gasteiger partial charge is 0.382 e. The highest BCUT2D eigenvalue weighted by atomic mass is 16.2. The molecule has 0 saturated carbocycles. The van der Waals surface area contributed by atoms with E-state index in [9.17, 15) is 10.1 Å². The molecule has 0 unspecified atom stereocenters. The van der Waals surface area contributed by atoms with E-state index < -0.39 is 0 Å². The number of nitriles is 1. The van der Waals surface area contributed by atoms with Crippen molar-refractivity contribution >= 4 is 23.4 Å². The van der Waals surface area contributed by atoms with Crippen LogP contribution in [0.4, 0.5) is 22.1 Å². The van der Waals surface area contributed by atoms with Gasteiger partial charge in [0.1, 0.15) is 5.82 Å². The summed E-state index contributed by atoms with van der Waals surface area (Å²) < 4.78 is 0. The number of hydrogen-bond acceptors (Lipinski definition) is 5.